The van der Waals surface area contributed by atoms with E-state index in [-0.39, 0.29) is 16.9 Å². The SMILES string of the molecule is Cc1cc(NC(=O)c2c(C)nn(Cc3ccc(F)cc3)c2Cl)ccc1-n1cnnn1. The minimum absolute atomic E-state index is 0.219. The summed E-state index contributed by atoms with van der Waals surface area (Å²) in [6.45, 7) is 3.94. The number of aromatic nitrogens is 6. The molecule has 0 saturated heterocycles. The minimum atomic E-state index is -0.363. The highest BCUT2D eigenvalue weighted by molar-refractivity contribution is 6.33. The Labute approximate surface area is 176 Å². The maximum Gasteiger partial charge on any atom is 0.260 e. The Morgan fingerprint density at radius 2 is 1.93 bits per heavy atom. The largest absolute Gasteiger partial charge is 0.322 e. The van der Waals surface area contributed by atoms with Crippen LogP contribution in [0.4, 0.5) is 10.1 Å². The second-order valence-corrected chi connectivity index (χ2v) is 7.10. The van der Waals surface area contributed by atoms with Crippen molar-refractivity contribution in [2.45, 2.75) is 20.4 Å². The molecular formula is C20H17ClFN7O. The van der Waals surface area contributed by atoms with Crippen LogP contribution in [0.1, 0.15) is 27.2 Å². The Hall–Kier alpha value is -3.59. The number of carbonyl (C=O) groups excluding carboxylic acids is 1. The van der Waals surface area contributed by atoms with E-state index >= 15 is 0 Å². The third-order valence-electron chi connectivity index (χ3n) is 4.59. The topological polar surface area (TPSA) is 90.5 Å². The van der Waals surface area contributed by atoms with E-state index in [2.05, 4.69) is 25.9 Å². The average molecular weight is 426 g/mol. The van der Waals surface area contributed by atoms with Gasteiger partial charge in [-0.15, -0.1) is 5.10 Å². The molecule has 0 aliphatic rings. The molecule has 0 fully saturated rings. The molecule has 0 spiro atoms. The van der Waals surface area contributed by atoms with E-state index in [9.17, 15) is 9.18 Å². The number of hydrogen-bond donors (Lipinski definition) is 1. The molecule has 0 aliphatic heterocycles. The summed E-state index contributed by atoms with van der Waals surface area (Å²) in [6, 6.07) is 11.4. The molecule has 10 heteroatoms. The first-order chi connectivity index (χ1) is 14.4. The number of hydrogen-bond acceptors (Lipinski definition) is 5. The predicted molar refractivity (Wildman–Crippen MR) is 109 cm³/mol. The molecule has 2 aromatic heterocycles. The number of tetrazole rings is 1. The van der Waals surface area contributed by atoms with Gasteiger partial charge in [0.05, 0.1) is 23.5 Å². The lowest BCUT2D eigenvalue weighted by Crippen LogP contribution is -2.13. The summed E-state index contributed by atoms with van der Waals surface area (Å²) in [6.07, 6.45) is 1.50. The van der Waals surface area contributed by atoms with Gasteiger partial charge in [0.15, 0.2) is 0 Å². The maximum absolute atomic E-state index is 13.1. The van der Waals surface area contributed by atoms with Gasteiger partial charge in [0.25, 0.3) is 5.91 Å². The second kappa shape index (κ2) is 8.03. The molecule has 1 amide bonds. The van der Waals surface area contributed by atoms with Crippen LogP contribution in [-0.2, 0) is 6.54 Å². The van der Waals surface area contributed by atoms with Crippen molar-refractivity contribution < 1.29 is 9.18 Å². The van der Waals surface area contributed by atoms with Crippen molar-refractivity contribution in [2.24, 2.45) is 0 Å². The van der Waals surface area contributed by atoms with E-state index in [1.165, 1.54) is 23.1 Å². The third-order valence-corrected chi connectivity index (χ3v) is 4.97. The van der Waals surface area contributed by atoms with Crippen LogP contribution in [0.5, 0.6) is 0 Å². The van der Waals surface area contributed by atoms with Gasteiger partial charge in [-0.2, -0.15) is 5.10 Å². The number of amides is 1. The van der Waals surface area contributed by atoms with Gasteiger partial charge < -0.3 is 5.32 Å². The first-order valence-corrected chi connectivity index (χ1v) is 9.43. The highest BCUT2D eigenvalue weighted by Crippen LogP contribution is 2.24. The average Bonchev–Trinajstić information content (AvgIpc) is 3.32. The van der Waals surface area contributed by atoms with Crippen LogP contribution in [0, 0.1) is 19.7 Å². The summed E-state index contributed by atoms with van der Waals surface area (Å²) >= 11 is 6.44. The Morgan fingerprint density at radius 3 is 2.60 bits per heavy atom. The van der Waals surface area contributed by atoms with E-state index in [0.717, 1.165) is 16.8 Å². The smallest absolute Gasteiger partial charge is 0.260 e. The number of aryl methyl sites for hydroxylation is 2. The molecule has 0 saturated carbocycles. The van der Waals surface area contributed by atoms with Crippen molar-refractivity contribution in [2.75, 3.05) is 5.32 Å². The second-order valence-electron chi connectivity index (χ2n) is 6.75. The van der Waals surface area contributed by atoms with Gasteiger partial charge in [-0.3, -0.25) is 4.79 Å². The van der Waals surface area contributed by atoms with Crippen molar-refractivity contribution in [3.63, 3.8) is 0 Å². The summed E-state index contributed by atoms with van der Waals surface area (Å²) in [4.78, 5) is 12.9. The molecule has 0 radical (unpaired) electrons. The van der Waals surface area contributed by atoms with Crippen LogP contribution in [0.2, 0.25) is 5.15 Å². The van der Waals surface area contributed by atoms with Crippen molar-refractivity contribution in [1.29, 1.82) is 0 Å². The summed E-state index contributed by atoms with van der Waals surface area (Å²) in [5.74, 6) is -0.680. The molecule has 152 valence electrons. The van der Waals surface area contributed by atoms with Crippen molar-refractivity contribution in [3.05, 3.63) is 82.1 Å². The Balaban J connectivity index is 1.54. The Morgan fingerprint density at radius 1 is 1.17 bits per heavy atom. The van der Waals surface area contributed by atoms with Gasteiger partial charge in [-0.1, -0.05) is 23.7 Å². The summed E-state index contributed by atoms with van der Waals surface area (Å²) in [7, 11) is 0. The van der Waals surface area contributed by atoms with Gasteiger partial charge in [-0.05, 0) is 65.7 Å². The predicted octanol–water partition coefficient (Wildman–Crippen LogP) is 3.57. The minimum Gasteiger partial charge on any atom is -0.322 e. The lowest BCUT2D eigenvalue weighted by Gasteiger charge is -2.09. The van der Waals surface area contributed by atoms with Gasteiger partial charge in [-0.25, -0.2) is 13.8 Å². The molecule has 0 atom stereocenters. The van der Waals surface area contributed by atoms with Gasteiger partial charge in [0, 0.05) is 5.69 Å². The van der Waals surface area contributed by atoms with E-state index in [4.69, 9.17) is 11.6 Å². The number of nitrogens with one attached hydrogen (secondary N) is 1. The molecule has 2 heterocycles. The normalized spacial score (nSPS) is 10.9. The fourth-order valence-electron chi connectivity index (χ4n) is 3.13. The maximum atomic E-state index is 13.1. The van der Waals surface area contributed by atoms with Crippen molar-refractivity contribution in [1.82, 2.24) is 30.0 Å². The third kappa shape index (κ3) is 3.92. The summed E-state index contributed by atoms with van der Waals surface area (Å²) in [5, 5.41) is 18.6. The first-order valence-electron chi connectivity index (χ1n) is 9.05. The molecule has 0 bridgehead atoms. The molecular weight excluding hydrogens is 409 g/mol. The lowest BCUT2D eigenvalue weighted by molar-refractivity contribution is 0.102. The van der Waals surface area contributed by atoms with Crippen LogP contribution >= 0.6 is 11.6 Å². The monoisotopic (exact) mass is 425 g/mol. The number of nitrogens with zero attached hydrogens (tertiary/aromatic N) is 6. The number of carbonyl (C=O) groups is 1. The van der Waals surface area contributed by atoms with Gasteiger partial charge in [0.2, 0.25) is 0 Å². The van der Waals surface area contributed by atoms with Crippen LogP contribution in [0.15, 0.2) is 48.8 Å². The van der Waals surface area contributed by atoms with Gasteiger partial charge >= 0.3 is 0 Å². The number of anilines is 1. The number of rotatable bonds is 5. The first kappa shape index (κ1) is 19.7. The molecule has 0 unspecified atom stereocenters. The van der Waals surface area contributed by atoms with Crippen LogP contribution in [0.25, 0.3) is 5.69 Å². The summed E-state index contributed by atoms with van der Waals surface area (Å²) in [5.41, 5.74) is 3.91. The van der Waals surface area contributed by atoms with E-state index in [0.29, 0.717) is 23.5 Å². The Kier molecular flexibility index (Phi) is 5.28. The fraction of sp³-hybridized carbons (Fsp3) is 0.150. The standard InChI is InChI=1S/C20H17ClFN7O/c1-12-9-16(7-8-17(12)29-11-23-26-27-29)24-20(30)18-13(2)25-28(19(18)21)10-14-3-5-15(22)6-4-14/h3-9,11H,10H2,1-2H3,(H,24,30). The molecule has 4 rings (SSSR count). The molecule has 8 nitrogen and oxygen atoms in total. The van der Waals surface area contributed by atoms with Crippen LogP contribution in [-0.4, -0.2) is 35.9 Å². The fourth-order valence-corrected chi connectivity index (χ4v) is 3.45. The van der Waals surface area contributed by atoms with E-state index in [1.807, 2.05) is 19.1 Å². The quantitative estimate of drug-likeness (QED) is 0.528. The number of halogens is 2. The summed E-state index contributed by atoms with van der Waals surface area (Å²) < 4.78 is 16.2. The van der Waals surface area contributed by atoms with E-state index in [1.54, 1.807) is 29.8 Å². The zero-order valence-electron chi connectivity index (χ0n) is 16.2. The van der Waals surface area contributed by atoms with Crippen LogP contribution in [0.3, 0.4) is 0 Å². The Bertz CT molecular complexity index is 1200. The van der Waals surface area contributed by atoms with Crippen molar-refractivity contribution in [3.8, 4) is 5.69 Å². The molecule has 30 heavy (non-hydrogen) atoms. The molecule has 2 aromatic carbocycles. The lowest BCUT2D eigenvalue weighted by atomic mass is 10.1. The molecule has 0 aliphatic carbocycles. The van der Waals surface area contributed by atoms with E-state index < -0.39 is 0 Å². The van der Waals surface area contributed by atoms with Crippen molar-refractivity contribution >= 4 is 23.2 Å². The molecule has 4 aromatic rings. The number of benzene rings is 2. The van der Waals surface area contributed by atoms with Crippen LogP contribution < -0.4 is 5.32 Å². The zero-order valence-corrected chi connectivity index (χ0v) is 16.9. The molecule has 1 N–H and O–H groups in total. The zero-order chi connectivity index (χ0) is 21.3. The highest BCUT2D eigenvalue weighted by Gasteiger charge is 2.21. The highest BCUT2D eigenvalue weighted by atomic mass is 35.5. The van der Waals surface area contributed by atoms with Gasteiger partial charge in [0.1, 0.15) is 17.3 Å².